The number of carbonyl (C=O) groups is 1. The Bertz CT molecular complexity index is 659. The van der Waals surface area contributed by atoms with Crippen LogP contribution in [0.5, 0.6) is 0 Å². The molecule has 3 aliphatic heterocycles. The number of amides is 1. The largest absolute Gasteiger partial charge is 0.347 e. The lowest BCUT2D eigenvalue weighted by molar-refractivity contribution is 0.0622. The molecule has 1 amide bonds. The Morgan fingerprint density at radius 1 is 1.09 bits per heavy atom. The molecule has 3 aliphatic rings. The van der Waals surface area contributed by atoms with Crippen LogP contribution in [0.15, 0.2) is 42.5 Å². The standard InChI is InChI=1S/C18H20N2OS.CH4/c21-18(19-15-12-20-10-8-13(15)9-11-20)17-7-6-16(22-17)14-4-2-1-3-5-14;/h1-7,13,15H,8-12H2,(H,19,21);1H4/t15-;/m0./s1. The van der Waals surface area contributed by atoms with Gasteiger partial charge >= 0.3 is 0 Å². The predicted molar refractivity (Wildman–Crippen MR) is 96.9 cm³/mol. The minimum absolute atomic E-state index is 0. The van der Waals surface area contributed by atoms with Gasteiger partial charge in [-0.2, -0.15) is 0 Å². The second-order valence-electron chi connectivity index (χ2n) is 6.25. The Labute approximate surface area is 142 Å². The van der Waals surface area contributed by atoms with Gasteiger partial charge in [0.2, 0.25) is 0 Å². The van der Waals surface area contributed by atoms with Crippen molar-refractivity contribution in [1.82, 2.24) is 10.2 Å². The van der Waals surface area contributed by atoms with Gasteiger partial charge in [-0.25, -0.2) is 0 Å². The van der Waals surface area contributed by atoms with Gasteiger partial charge in [-0.05, 0) is 49.5 Å². The van der Waals surface area contributed by atoms with E-state index in [0.29, 0.717) is 12.0 Å². The molecule has 0 spiro atoms. The molecular weight excluding hydrogens is 304 g/mol. The summed E-state index contributed by atoms with van der Waals surface area (Å²) in [5.41, 5.74) is 1.18. The molecule has 2 bridgehead atoms. The van der Waals surface area contributed by atoms with E-state index in [0.717, 1.165) is 16.3 Å². The highest BCUT2D eigenvalue weighted by atomic mass is 32.1. The zero-order valence-corrected chi connectivity index (χ0v) is 13.3. The summed E-state index contributed by atoms with van der Waals surface area (Å²) in [6.07, 6.45) is 2.45. The summed E-state index contributed by atoms with van der Waals surface area (Å²) < 4.78 is 0. The van der Waals surface area contributed by atoms with E-state index in [4.69, 9.17) is 0 Å². The van der Waals surface area contributed by atoms with E-state index in [2.05, 4.69) is 22.3 Å². The first kappa shape index (κ1) is 16.2. The minimum atomic E-state index is 0. The quantitative estimate of drug-likeness (QED) is 0.927. The SMILES string of the molecule is C.O=C(N[C@H]1CN2CCC1CC2)c1ccc(-c2ccccc2)s1. The summed E-state index contributed by atoms with van der Waals surface area (Å²) in [6, 6.07) is 14.6. The molecule has 2 aromatic rings. The molecule has 4 heteroatoms. The maximum Gasteiger partial charge on any atom is 0.261 e. The predicted octanol–water partition coefficient (Wildman–Crippen LogP) is 3.88. The van der Waals surface area contributed by atoms with Gasteiger partial charge in [-0.1, -0.05) is 37.8 Å². The van der Waals surface area contributed by atoms with Crippen LogP contribution in [0, 0.1) is 5.92 Å². The highest BCUT2D eigenvalue weighted by molar-refractivity contribution is 7.17. The maximum atomic E-state index is 12.5. The first-order valence-electron chi connectivity index (χ1n) is 7.98. The topological polar surface area (TPSA) is 32.3 Å². The molecule has 3 saturated heterocycles. The summed E-state index contributed by atoms with van der Waals surface area (Å²) in [5, 5.41) is 3.26. The van der Waals surface area contributed by atoms with Gasteiger partial charge < -0.3 is 10.2 Å². The number of piperidine rings is 3. The lowest BCUT2D eigenvalue weighted by Crippen LogP contribution is -2.57. The van der Waals surface area contributed by atoms with Crippen molar-refractivity contribution in [2.24, 2.45) is 5.92 Å². The number of rotatable bonds is 3. The number of thiophene rings is 1. The van der Waals surface area contributed by atoms with Crippen LogP contribution in [0.25, 0.3) is 10.4 Å². The zero-order valence-electron chi connectivity index (χ0n) is 12.5. The summed E-state index contributed by atoms with van der Waals surface area (Å²) in [6.45, 7) is 3.43. The Balaban J connectivity index is 0.00000156. The number of nitrogens with zero attached hydrogens (tertiary/aromatic N) is 1. The molecule has 1 aromatic heterocycles. The third kappa shape index (κ3) is 3.33. The monoisotopic (exact) mass is 328 g/mol. The van der Waals surface area contributed by atoms with E-state index >= 15 is 0 Å². The molecule has 0 saturated carbocycles. The van der Waals surface area contributed by atoms with Crippen molar-refractivity contribution in [2.75, 3.05) is 19.6 Å². The van der Waals surface area contributed by atoms with Gasteiger partial charge in [-0.3, -0.25) is 4.79 Å². The Morgan fingerprint density at radius 2 is 1.83 bits per heavy atom. The van der Waals surface area contributed by atoms with Gasteiger partial charge in [0.1, 0.15) is 0 Å². The van der Waals surface area contributed by atoms with Gasteiger partial charge in [0.25, 0.3) is 5.91 Å². The Kier molecular flexibility index (Phi) is 4.83. The van der Waals surface area contributed by atoms with Crippen LogP contribution in [0.3, 0.4) is 0 Å². The molecule has 3 fully saturated rings. The van der Waals surface area contributed by atoms with Crippen molar-refractivity contribution >= 4 is 17.2 Å². The van der Waals surface area contributed by atoms with Crippen molar-refractivity contribution in [3.63, 3.8) is 0 Å². The lowest BCUT2D eigenvalue weighted by atomic mass is 9.84. The van der Waals surface area contributed by atoms with Gasteiger partial charge in [-0.15, -0.1) is 11.3 Å². The third-order valence-corrected chi connectivity index (χ3v) is 5.99. The number of nitrogens with one attached hydrogen (secondary N) is 1. The van der Waals surface area contributed by atoms with Crippen LogP contribution in [0.4, 0.5) is 0 Å². The first-order chi connectivity index (χ1) is 10.8. The molecule has 1 aromatic carbocycles. The summed E-state index contributed by atoms with van der Waals surface area (Å²) in [5.74, 6) is 0.758. The molecule has 0 aliphatic carbocycles. The molecular formula is C19H24N2OS. The van der Waals surface area contributed by atoms with Gasteiger partial charge in [0, 0.05) is 17.5 Å². The third-order valence-electron chi connectivity index (χ3n) is 4.86. The normalized spacial score (nSPS) is 25.7. The van der Waals surface area contributed by atoms with Crippen molar-refractivity contribution < 1.29 is 4.79 Å². The molecule has 0 unspecified atom stereocenters. The Morgan fingerprint density at radius 3 is 2.48 bits per heavy atom. The minimum Gasteiger partial charge on any atom is -0.347 e. The van der Waals surface area contributed by atoms with Crippen molar-refractivity contribution in [3.05, 3.63) is 47.3 Å². The zero-order chi connectivity index (χ0) is 14.9. The molecule has 3 nitrogen and oxygen atoms in total. The first-order valence-corrected chi connectivity index (χ1v) is 8.80. The van der Waals surface area contributed by atoms with Crippen LogP contribution in [0.1, 0.15) is 29.9 Å². The second kappa shape index (κ2) is 6.85. The summed E-state index contributed by atoms with van der Waals surface area (Å²) >= 11 is 1.58. The summed E-state index contributed by atoms with van der Waals surface area (Å²) in [4.78, 5) is 16.9. The molecule has 122 valence electrons. The van der Waals surface area contributed by atoms with Gasteiger partial charge in [0.15, 0.2) is 0 Å². The maximum absolute atomic E-state index is 12.5. The fourth-order valence-corrected chi connectivity index (χ4v) is 4.50. The van der Waals surface area contributed by atoms with Crippen LogP contribution < -0.4 is 5.32 Å². The van der Waals surface area contributed by atoms with E-state index in [1.807, 2.05) is 30.3 Å². The fraction of sp³-hybridized carbons (Fsp3) is 0.421. The van der Waals surface area contributed by atoms with E-state index in [1.54, 1.807) is 11.3 Å². The second-order valence-corrected chi connectivity index (χ2v) is 7.33. The molecule has 0 radical (unpaired) electrons. The van der Waals surface area contributed by atoms with E-state index in [9.17, 15) is 4.79 Å². The molecule has 1 atom stereocenters. The molecule has 4 heterocycles. The van der Waals surface area contributed by atoms with Gasteiger partial charge in [0.05, 0.1) is 4.88 Å². The number of fused-ring (bicyclic) bond motifs is 3. The van der Waals surface area contributed by atoms with Crippen molar-refractivity contribution in [3.8, 4) is 10.4 Å². The Hall–Kier alpha value is -1.65. The van der Waals surface area contributed by atoms with Crippen LogP contribution in [0.2, 0.25) is 0 Å². The van der Waals surface area contributed by atoms with Crippen LogP contribution >= 0.6 is 11.3 Å². The lowest BCUT2D eigenvalue weighted by Gasteiger charge is -2.44. The number of carbonyl (C=O) groups excluding carboxylic acids is 1. The number of hydrogen-bond acceptors (Lipinski definition) is 3. The average Bonchev–Trinajstić information content (AvgIpc) is 3.07. The fourth-order valence-electron chi connectivity index (χ4n) is 3.59. The highest BCUT2D eigenvalue weighted by Gasteiger charge is 2.35. The highest BCUT2D eigenvalue weighted by Crippen LogP contribution is 2.30. The van der Waals surface area contributed by atoms with E-state index in [-0.39, 0.29) is 13.3 Å². The summed E-state index contributed by atoms with van der Waals surface area (Å²) in [7, 11) is 0. The van der Waals surface area contributed by atoms with Crippen LogP contribution in [-0.2, 0) is 0 Å². The molecule has 5 rings (SSSR count). The molecule has 23 heavy (non-hydrogen) atoms. The number of benzene rings is 1. The van der Waals surface area contributed by atoms with Crippen molar-refractivity contribution in [2.45, 2.75) is 26.3 Å². The smallest absolute Gasteiger partial charge is 0.261 e. The van der Waals surface area contributed by atoms with E-state index in [1.165, 1.54) is 31.5 Å². The van der Waals surface area contributed by atoms with E-state index < -0.39 is 0 Å². The number of hydrogen-bond donors (Lipinski definition) is 1. The van der Waals surface area contributed by atoms with Crippen LogP contribution in [-0.4, -0.2) is 36.5 Å². The average molecular weight is 328 g/mol. The van der Waals surface area contributed by atoms with Crippen molar-refractivity contribution in [1.29, 1.82) is 0 Å². The molecule has 1 N–H and O–H groups in total.